The number of imidazole rings is 2. The number of carbonyl (C=O) groups excluding carboxylic acids is 1. The number of hydrogen-bond acceptors (Lipinski definition) is 12. The van der Waals surface area contributed by atoms with Crippen molar-refractivity contribution in [2.24, 2.45) is 0 Å². The van der Waals surface area contributed by atoms with Crippen LogP contribution in [0.3, 0.4) is 0 Å². The Balaban J connectivity index is -0.000000328. The number of aromatic nitrogens is 6. The van der Waals surface area contributed by atoms with Crippen LogP contribution in [0.25, 0.3) is 27.5 Å². The summed E-state index contributed by atoms with van der Waals surface area (Å²) in [5.74, 6) is 2.21. The molecule has 1 radical (unpaired) electrons. The molecule has 19 heteroatoms. The number of hydrogen-bond donors (Lipinski definition) is 3. The molecule has 0 atom stereocenters. The second-order valence-corrected chi connectivity index (χ2v) is 11.5. The summed E-state index contributed by atoms with van der Waals surface area (Å²) < 4.78 is 21.5. The van der Waals surface area contributed by atoms with Crippen LogP contribution < -0.4 is 153 Å². The predicted octanol–water partition coefficient (Wildman–Crippen LogP) is 1.24. The Kier molecular flexibility index (Phi) is 35.6. The average molecular weight is 1180 g/mol. The fraction of sp³-hybridized carbons (Fsp3) is 0.184. The van der Waals surface area contributed by atoms with Gasteiger partial charge in [-0.3, -0.25) is 14.8 Å². The number of pyridine rings is 2. The number of halogens is 1. The number of aromatic hydroxyl groups is 2. The molecular formula is C38H43BrCs2Cu2N6O8. The first-order chi connectivity index (χ1) is 25.5. The van der Waals surface area contributed by atoms with Crippen molar-refractivity contribution < 1.29 is 211 Å². The van der Waals surface area contributed by atoms with Gasteiger partial charge in [-0.15, -0.1) is 0 Å². The number of benzene rings is 3. The number of ether oxygens (including phenoxy) is 2. The summed E-state index contributed by atoms with van der Waals surface area (Å²) in [5.41, 5.74) is 6.87. The second kappa shape index (κ2) is 33.6. The number of carbonyl (C=O) groups is 1. The summed E-state index contributed by atoms with van der Waals surface area (Å²) >= 11 is 6.26. The number of phenolic OH excluding ortho intramolecular Hbond substituents is 2. The molecule has 0 aliphatic carbocycles. The molecule has 14 nitrogen and oxygen atoms in total. The van der Waals surface area contributed by atoms with Crippen LogP contribution in [0.4, 0.5) is 0 Å². The molecule has 0 aliphatic rings. The van der Waals surface area contributed by atoms with E-state index in [9.17, 15) is 5.11 Å². The molecule has 0 aliphatic heterocycles. The molecule has 0 amide bonds. The van der Waals surface area contributed by atoms with Crippen LogP contribution in [0.2, 0.25) is 0 Å². The summed E-state index contributed by atoms with van der Waals surface area (Å²) in [6.07, 6.45) is 10.6. The van der Waals surface area contributed by atoms with Gasteiger partial charge < -0.3 is 40.8 Å². The van der Waals surface area contributed by atoms with Crippen LogP contribution in [0.1, 0.15) is 31.4 Å². The Morgan fingerprint density at radius 2 is 1.32 bits per heavy atom. The Labute approximate surface area is 478 Å². The standard InChI is InChI=1S/C14H12N2O2.C11H12N2O.C7H7BrO.C4H6N2.CH2O3.CH4.2Cs.2Cu.O.H/c1-17-11-5-7-15-13-9(11)3-4-10-12(18-2)6-8-16-14(10)13;1-8-5-10(14)3-4-11(8)13-6-9(2)12-7-13;1-5-4-6(9)2-3-7(5)8;1-4-2-5-3-6-4;2-1-4-3;;;;;;;/h3-8H,1-2H3;3-7,14H,1-2H3;2-4,9H,1H3;2-3H,1H3,(H,5,6);1,3H;1H4;;;;;;/q;;;;;;2*+1;;;;-1/p-1. The zero-order valence-corrected chi connectivity index (χ0v) is 47.9. The van der Waals surface area contributed by atoms with Gasteiger partial charge >= 0.3 is 158 Å². The maximum absolute atomic E-state index is 9.26. The maximum atomic E-state index is 9.26. The number of nitrogens with zero attached hydrogens (tertiary/aromatic N) is 5. The van der Waals surface area contributed by atoms with Crippen molar-refractivity contribution in [3.8, 4) is 28.7 Å². The number of H-pyrrole nitrogens is 1. The normalized spacial score (nSPS) is 8.88. The minimum absolute atomic E-state index is 0. The molecule has 0 saturated heterocycles. The van der Waals surface area contributed by atoms with Gasteiger partial charge in [-0.25, -0.2) is 9.97 Å². The number of rotatable bonds is 4. The predicted molar refractivity (Wildman–Crippen MR) is 204 cm³/mol. The molecule has 0 spiro atoms. The van der Waals surface area contributed by atoms with E-state index in [0.29, 0.717) is 11.5 Å². The Hall–Kier alpha value is -1.05. The van der Waals surface area contributed by atoms with Crippen molar-refractivity contribution in [3.63, 3.8) is 0 Å². The number of phenols is 2. The van der Waals surface area contributed by atoms with Crippen molar-refractivity contribution in [2.45, 2.75) is 35.1 Å². The van der Waals surface area contributed by atoms with Crippen molar-refractivity contribution >= 4 is 44.2 Å². The molecule has 304 valence electrons. The summed E-state index contributed by atoms with van der Waals surface area (Å²) in [7, 11) is 3.30. The van der Waals surface area contributed by atoms with Crippen molar-refractivity contribution in [3.05, 3.63) is 125 Å². The van der Waals surface area contributed by atoms with Gasteiger partial charge in [0.15, 0.2) is 0 Å². The fourth-order valence-corrected chi connectivity index (χ4v) is 4.82. The van der Waals surface area contributed by atoms with Gasteiger partial charge in [-0.05, 0) is 99.5 Å². The van der Waals surface area contributed by atoms with Crippen LogP contribution in [0.5, 0.6) is 23.0 Å². The minimum atomic E-state index is -0.181. The SMILES string of the molecule is C.COc1ccnc2c1ccc1c(OC)ccnc12.Cc1cc(O)ccc1Br.Cc1cn(-c2ccc(O)cc2C)cn1.Cc1cnc[nH]1.O=CO[O-].[Cs+].[Cs+].[Cu].[H-].[O]=[Cu]. The quantitative estimate of drug-likeness (QED) is 0.0752. The van der Waals surface area contributed by atoms with Gasteiger partial charge in [0.25, 0.3) is 6.47 Å². The molecule has 7 aromatic rings. The van der Waals surface area contributed by atoms with Crippen molar-refractivity contribution in [2.75, 3.05) is 14.2 Å². The molecular weight excluding hydrogens is 1140 g/mol. The van der Waals surface area contributed by atoms with Gasteiger partial charge in [-0.1, -0.05) is 23.4 Å². The van der Waals surface area contributed by atoms with E-state index >= 15 is 0 Å². The van der Waals surface area contributed by atoms with E-state index in [1.807, 2.05) is 74.9 Å². The Morgan fingerprint density at radius 1 is 0.825 bits per heavy atom. The fourth-order valence-electron chi connectivity index (χ4n) is 4.57. The van der Waals surface area contributed by atoms with Crippen LogP contribution in [0.15, 0.2) is 103 Å². The van der Waals surface area contributed by atoms with Gasteiger partial charge in [0, 0.05) is 68.5 Å². The summed E-state index contributed by atoms with van der Waals surface area (Å²) in [5, 5.41) is 28.5. The second-order valence-electron chi connectivity index (χ2n) is 10.6. The third-order valence-electron chi connectivity index (χ3n) is 6.97. The summed E-state index contributed by atoms with van der Waals surface area (Å²) in [4.78, 5) is 30.9. The molecule has 57 heavy (non-hydrogen) atoms. The first-order valence-corrected chi connectivity index (χ1v) is 16.5. The monoisotopic (exact) mass is 1180 g/mol. The van der Waals surface area contributed by atoms with Gasteiger partial charge in [0.2, 0.25) is 0 Å². The van der Waals surface area contributed by atoms with Gasteiger partial charge in [-0.2, -0.15) is 0 Å². The number of aryl methyl sites for hydroxylation is 4. The number of methoxy groups -OCH3 is 2. The Bertz CT molecular complexity index is 2130. The first kappa shape index (κ1) is 60.3. The molecule has 3 N–H and O–H groups in total. The van der Waals surface area contributed by atoms with Gasteiger partial charge in [0.05, 0.1) is 32.6 Å². The van der Waals surface area contributed by atoms with E-state index in [4.69, 9.17) is 28.5 Å². The summed E-state index contributed by atoms with van der Waals surface area (Å²) in [6.45, 7) is 7.63. The molecule has 0 fully saturated rings. The van der Waals surface area contributed by atoms with Gasteiger partial charge in [0.1, 0.15) is 34.0 Å². The van der Waals surface area contributed by atoms with Crippen LogP contribution in [-0.2, 0) is 46.5 Å². The third kappa shape index (κ3) is 20.4. The van der Waals surface area contributed by atoms with E-state index in [2.05, 4.69) is 61.7 Å². The molecule has 0 saturated carbocycles. The van der Waals surface area contributed by atoms with E-state index in [0.717, 1.165) is 66.0 Å². The molecule has 4 aromatic heterocycles. The van der Waals surface area contributed by atoms with Crippen molar-refractivity contribution in [1.29, 1.82) is 0 Å². The van der Waals surface area contributed by atoms with E-state index < -0.39 is 0 Å². The number of nitrogens with one attached hydrogen (secondary N) is 1. The number of fused-ring (bicyclic) bond motifs is 3. The zero-order chi connectivity index (χ0) is 39.3. The van der Waals surface area contributed by atoms with Crippen LogP contribution >= 0.6 is 15.9 Å². The van der Waals surface area contributed by atoms with Crippen LogP contribution in [-0.4, -0.2) is 60.4 Å². The molecule has 4 heterocycles. The topological polar surface area (TPSA) is 198 Å². The van der Waals surface area contributed by atoms with E-state index in [1.165, 1.54) is 0 Å². The third-order valence-corrected chi connectivity index (χ3v) is 7.86. The van der Waals surface area contributed by atoms with E-state index in [-0.39, 0.29) is 170 Å². The molecule has 3 aromatic carbocycles. The van der Waals surface area contributed by atoms with Crippen molar-refractivity contribution in [1.82, 2.24) is 29.5 Å². The molecule has 0 bridgehead atoms. The zero-order valence-electron chi connectivity index (χ0n) is 32.9. The first-order valence-electron chi connectivity index (χ1n) is 15.3. The van der Waals surface area contributed by atoms with E-state index in [1.54, 1.807) is 69.7 Å². The average Bonchev–Trinajstić information content (AvgIpc) is 3.84. The number of aromatic amines is 1. The van der Waals surface area contributed by atoms with Crippen LogP contribution in [0, 0.1) is 27.7 Å². The molecule has 7 rings (SSSR count). The Morgan fingerprint density at radius 3 is 1.65 bits per heavy atom. The summed E-state index contributed by atoms with van der Waals surface area (Å²) in [6, 6.07) is 18.1. The molecule has 0 unspecified atom stereocenters.